The summed E-state index contributed by atoms with van der Waals surface area (Å²) in [4.78, 5) is 17.0. The molecule has 2 aromatic heterocycles. The Morgan fingerprint density at radius 1 is 0.955 bits per heavy atom. The molecular formula is C15H19BN4O2. The number of hydrogen-bond donors (Lipinski definition) is 0. The summed E-state index contributed by atoms with van der Waals surface area (Å²) in [5.41, 5.74) is 1.52. The smallest absolute Gasteiger partial charge is 0.398 e. The third-order valence-corrected chi connectivity index (χ3v) is 4.21. The molecule has 0 unspecified atom stereocenters. The highest BCUT2D eigenvalue weighted by atomic mass is 16.7. The van der Waals surface area contributed by atoms with Gasteiger partial charge in [-0.2, -0.15) is 0 Å². The Bertz CT molecular complexity index is 675. The summed E-state index contributed by atoms with van der Waals surface area (Å²) in [7, 11) is -0.505. The molecule has 0 atom stereocenters. The van der Waals surface area contributed by atoms with Gasteiger partial charge in [-0.05, 0) is 40.7 Å². The van der Waals surface area contributed by atoms with Crippen LogP contribution in [0.25, 0.3) is 11.3 Å². The lowest BCUT2D eigenvalue weighted by molar-refractivity contribution is 0.00578. The van der Waals surface area contributed by atoms with Crippen molar-refractivity contribution in [1.29, 1.82) is 0 Å². The number of aryl methyl sites for hydroxylation is 1. The molecular weight excluding hydrogens is 279 g/mol. The van der Waals surface area contributed by atoms with E-state index in [0.29, 0.717) is 11.4 Å². The van der Waals surface area contributed by atoms with Crippen LogP contribution in [0.2, 0.25) is 0 Å². The minimum absolute atomic E-state index is 0.396. The van der Waals surface area contributed by atoms with Gasteiger partial charge in [0.15, 0.2) is 0 Å². The van der Waals surface area contributed by atoms with Gasteiger partial charge in [0.25, 0.3) is 0 Å². The number of rotatable bonds is 2. The van der Waals surface area contributed by atoms with Gasteiger partial charge in [-0.15, -0.1) is 0 Å². The van der Waals surface area contributed by atoms with Gasteiger partial charge in [0.05, 0.1) is 22.5 Å². The van der Waals surface area contributed by atoms with E-state index in [9.17, 15) is 0 Å². The maximum absolute atomic E-state index is 6.05. The Kier molecular flexibility index (Phi) is 3.49. The predicted octanol–water partition coefficient (Wildman–Crippen LogP) is 1.54. The average molecular weight is 298 g/mol. The maximum Gasteiger partial charge on any atom is 0.514 e. The SMILES string of the molecule is Cc1nc(B2OC(C)(C)C(C)(C)O2)cc(-c2cncnc2)n1. The number of nitrogens with zero attached hydrogens (tertiary/aromatic N) is 4. The molecule has 6 nitrogen and oxygen atoms in total. The molecule has 0 N–H and O–H groups in total. The van der Waals surface area contributed by atoms with E-state index in [-0.39, 0.29) is 0 Å². The molecule has 0 bridgehead atoms. The molecule has 0 aromatic carbocycles. The molecule has 7 heteroatoms. The van der Waals surface area contributed by atoms with Crippen molar-refractivity contribution in [2.75, 3.05) is 0 Å². The Morgan fingerprint density at radius 3 is 2.14 bits per heavy atom. The first-order valence-corrected chi connectivity index (χ1v) is 7.25. The average Bonchev–Trinajstić information content (AvgIpc) is 2.68. The fourth-order valence-electron chi connectivity index (χ4n) is 2.25. The fraction of sp³-hybridized carbons (Fsp3) is 0.467. The molecule has 3 rings (SSSR count). The second-order valence-corrected chi connectivity index (χ2v) is 6.44. The van der Waals surface area contributed by atoms with Crippen molar-refractivity contribution in [1.82, 2.24) is 19.9 Å². The molecule has 0 amide bonds. The lowest BCUT2D eigenvalue weighted by Gasteiger charge is -2.32. The van der Waals surface area contributed by atoms with Crippen LogP contribution in [-0.4, -0.2) is 38.3 Å². The molecule has 1 saturated heterocycles. The van der Waals surface area contributed by atoms with Gasteiger partial charge in [-0.3, -0.25) is 0 Å². The Labute approximate surface area is 130 Å². The number of hydrogen-bond acceptors (Lipinski definition) is 6. The lowest BCUT2D eigenvalue weighted by atomic mass is 9.83. The summed E-state index contributed by atoms with van der Waals surface area (Å²) in [5.74, 6) is 0.658. The first-order valence-electron chi connectivity index (χ1n) is 7.25. The standard InChI is InChI=1S/C15H19BN4O2/c1-10-19-12(11-7-17-9-18-8-11)6-13(20-10)16-21-14(2,3)15(4,5)22-16/h6-9H,1-5H3. The normalized spacial score (nSPS) is 19.4. The van der Waals surface area contributed by atoms with E-state index < -0.39 is 18.3 Å². The van der Waals surface area contributed by atoms with Crippen LogP contribution >= 0.6 is 0 Å². The summed E-state index contributed by atoms with van der Waals surface area (Å²) in [6, 6.07) is 1.87. The van der Waals surface area contributed by atoms with Crippen LogP contribution in [0.15, 0.2) is 24.8 Å². The van der Waals surface area contributed by atoms with E-state index in [1.807, 2.05) is 40.7 Å². The second-order valence-electron chi connectivity index (χ2n) is 6.44. The highest BCUT2D eigenvalue weighted by Gasteiger charge is 2.52. The summed E-state index contributed by atoms with van der Waals surface area (Å²) in [6.07, 6.45) is 4.94. The molecule has 22 heavy (non-hydrogen) atoms. The Hall–Kier alpha value is -1.86. The molecule has 114 valence electrons. The van der Waals surface area contributed by atoms with E-state index in [2.05, 4.69) is 19.9 Å². The third kappa shape index (κ3) is 2.62. The molecule has 0 saturated carbocycles. The summed E-state index contributed by atoms with van der Waals surface area (Å²) >= 11 is 0. The van der Waals surface area contributed by atoms with Gasteiger partial charge in [0, 0.05) is 18.0 Å². The zero-order valence-corrected chi connectivity index (χ0v) is 13.5. The van der Waals surface area contributed by atoms with E-state index >= 15 is 0 Å². The molecule has 3 heterocycles. The van der Waals surface area contributed by atoms with E-state index in [1.54, 1.807) is 12.4 Å². The van der Waals surface area contributed by atoms with Crippen molar-refractivity contribution >= 4 is 12.7 Å². The van der Waals surface area contributed by atoms with Gasteiger partial charge in [-0.25, -0.2) is 19.9 Å². The van der Waals surface area contributed by atoms with Crippen molar-refractivity contribution in [2.45, 2.75) is 45.8 Å². The number of aromatic nitrogens is 4. The Morgan fingerprint density at radius 2 is 1.55 bits per heavy atom. The van der Waals surface area contributed by atoms with Crippen LogP contribution in [0.4, 0.5) is 0 Å². The minimum Gasteiger partial charge on any atom is -0.398 e. The quantitative estimate of drug-likeness (QED) is 0.783. The minimum atomic E-state index is -0.505. The van der Waals surface area contributed by atoms with Crippen molar-refractivity contribution in [3.8, 4) is 11.3 Å². The first-order chi connectivity index (χ1) is 10.3. The molecule has 1 aliphatic heterocycles. The largest absolute Gasteiger partial charge is 0.514 e. The van der Waals surface area contributed by atoms with Crippen LogP contribution in [0, 0.1) is 6.92 Å². The van der Waals surface area contributed by atoms with Crippen molar-refractivity contribution in [2.24, 2.45) is 0 Å². The van der Waals surface area contributed by atoms with Crippen LogP contribution in [0.5, 0.6) is 0 Å². The van der Waals surface area contributed by atoms with Gasteiger partial charge < -0.3 is 9.31 Å². The summed E-state index contributed by atoms with van der Waals surface area (Å²) in [6.45, 7) is 9.93. The fourth-order valence-corrected chi connectivity index (χ4v) is 2.25. The van der Waals surface area contributed by atoms with Crippen molar-refractivity contribution < 1.29 is 9.31 Å². The second kappa shape index (κ2) is 5.10. The lowest BCUT2D eigenvalue weighted by Crippen LogP contribution is -2.41. The van der Waals surface area contributed by atoms with Gasteiger partial charge in [0.1, 0.15) is 12.2 Å². The summed E-state index contributed by atoms with van der Waals surface area (Å²) < 4.78 is 12.1. The summed E-state index contributed by atoms with van der Waals surface area (Å²) in [5, 5.41) is 0. The zero-order valence-electron chi connectivity index (χ0n) is 13.5. The van der Waals surface area contributed by atoms with Crippen molar-refractivity contribution in [3.05, 3.63) is 30.6 Å². The highest BCUT2D eigenvalue weighted by Crippen LogP contribution is 2.36. The van der Waals surface area contributed by atoms with Crippen LogP contribution in [-0.2, 0) is 9.31 Å². The first kappa shape index (κ1) is 15.1. The van der Waals surface area contributed by atoms with Gasteiger partial charge in [-0.1, -0.05) is 0 Å². The van der Waals surface area contributed by atoms with E-state index in [0.717, 1.165) is 11.3 Å². The highest BCUT2D eigenvalue weighted by molar-refractivity contribution is 6.61. The predicted molar refractivity (Wildman–Crippen MR) is 83.5 cm³/mol. The molecule has 2 aromatic rings. The molecule has 1 aliphatic rings. The Balaban J connectivity index is 1.98. The monoisotopic (exact) mass is 298 g/mol. The molecule has 0 radical (unpaired) electrons. The molecule has 0 spiro atoms. The van der Waals surface area contributed by atoms with Crippen molar-refractivity contribution in [3.63, 3.8) is 0 Å². The maximum atomic E-state index is 6.05. The topological polar surface area (TPSA) is 70.0 Å². The van der Waals surface area contributed by atoms with E-state index in [1.165, 1.54) is 6.33 Å². The van der Waals surface area contributed by atoms with Crippen LogP contribution in [0.1, 0.15) is 33.5 Å². The van der Waals surface area contributed by atoms with Crippen LogP contribution < -0.4 is 5.59 Å². The van der Waals surface area contributed by atoms with Crippen LogP contribution in [0.3, 0.4) is 0 Å². The third-order valence-electron chi connectivity index (χ3n) is 4.21. The van der Waals surface area contributed by atoms with Gasteiger partial charge >= 0.3 is 7.12 Å². The molecule has 1 fully saturated rings. The zero-order chi connectivity index (χ0) is 16.0. The van der Waals surface area contributed by atoms with E-state index in [4.69, 9.17) is 9.31 Å². The molecule has 0 aliphatic carbocycles. The van der Waals surface area contributed by atoms with Gasteiger partial charge in [0.2, 0.25) is 0 Å².